The van der Waals surface area contributed by atoms with Gasteiger partial charge in [0.25, 0.3) is 0 Å². The predicted molar refractivity (Wildman–Crippen MR) is 68.6 cm³/mol. The van der Waals surface area contributed by atoms with Gasteiger partial charge in [-0.05, 0) is 26.7 Å². The van der Waals surface area contributed by atoms with Gasteiger partial charge in [-0.1, -0.05) is 13.8 Å². The molecule has 1 atom stereocenters. The molecule has 0 fully saturated rings. The normalized spacial score (nSPS) is 13.3. The average Bonchev–Trinajstić information content (AvgIpc) is 2.55. The molecule has 0 saturated carbocycles. The molecule has 0 aliphatic carbocycles. The number of aromatic nitrogens is 2. The Morgan fingerprint density at radius 2 is 1.94 bits per heavy atom. The Labute approximate surface area is 107 Å². The van der Waals surface area contributed by atoms with Gasteiger partial charge in [0, 0.05) is 12.5 Å². The quantitative estimate of drug-likeness (QED) is 0.646. The van der Waals surface area contributed by atoms with Crippen LogP contribution < -0.4 is 0 Å². The lowest BCUT2D eigenvalue weighted by Crippen LogP contribution is -2.21. The van der Waals surface area contributed by atoms with Crippen molar-refractivity contribution in [2.24, 2.45) is 5.92 Å². The summed E-state index contributed by atoms with van der Waals surface area (Å²) in [5, 5.41) is 25.2. The van der Waals surface area contributed by atoms with Crippen LogP contribution in [0, 0.1) is 23.0 Å². The maximum Gasteiger partial charge on any atom is 0.313 e. The monoisotopic (exact) mass is 255 g/mol. The molecule has 0 bridgehead atoms. The second-order valence-corrected chi connectivity index (χ2v) is 5.19. The molecular formula is C12H21N3O3. The number of aryl methyl sites for hydroxylation is 1. The van der Waals surface area contributed by atoms with Crippen LogP contribution in [0.2, 0.25) is 0 Å². The topological polar surface area (TPSA) is 81.2 Å². The summed E-state index contributed by atoms with van der Waals surface area (Å²) in [6.45, 7) is 9.24. The first-order valence-corrected chi connectivity index (χ1v) is 6.16. The Bertz CT molecular complexity index is 438. The van der Waals surface area contributed by atoms with Crippen LogP contribution in [0.1, 0.15) is 45.1 Å². The van der Waals surface area contributed by atoms with E-state index in [9.17, 15) is 15.2 Å². The second-order valence-electron chi connectivity index (χ2n) is 5.19. The summed E-state index contributed by atoms with van der Waals surface area (Å²) in [5.74, 6) is 0.0559. The van der Waals surface area contributed by atoms with Gasteiger partial charge in [0.05, 0.1) is 11.0 Å². The molecule has 1 heterocycles. The smallest absolute Gasteiger partial charge is 0.313 e. The Morgan fingerprint density at radius 1 is 1.39 bits per heavy atom. The Hall–Kier alpha value is -1.43. The molecule has 6 nitrogen and oxygen atoms in total. The van der Waals surface area contributed by atoms with Crippen molar-refractivity contribution in [3.8, 4) is 0 Å². The highest BCUT2D eigenvalue weighted by Crippen LogP contribution is 2.27. The summed E-state index contributed by atoms with van der Waals surface area (Å²) in [7, 11) is 0. The van der Waals surface area contributed by atoms with Gasteiger partial charge >= 0.3 is 5.69 Å². The molecule has 0 saturated heterocycles. The van der Waals surface area contributed by atoms with Gasteiger partial charge < -0.3 is 5.11 Å². The molecule has 1 aromatic heterocycles. The molecule has 6 heteroatoms. The molecule has 1 rings (SSSR count). The van der Waals surface area contributed by atoms with Crippen LogP contribution in [0.25, 0.3) is 0 Å². The molecular weight excluding hydrogens is 234 g/mol. The summed E-state index contributed by atoms with van der Waals surface area (Å²) >= 11 is 0. The zero-order valence-electron chi connectivity index (χ0n) is 11.5. The van der Waals surface area contributed by atoms with E-state index in [1.807, 2.05) is 27.7 Å². The average molecular weight is 255 g/mol. The first kappa shape index (κ1) is 14.6. The molecule has 1 N–H and O–H groups in total. The fraction of sp³-hybridized carbons (Fsp3) is 0.750. The largest absolute Gasteiger partial charge is 0.392 e. The van der Waals surface area contributed by atoms with Crippen molar-refractivity contribution in [2.75, 3.05) is 0 Å². The standard InChI is InChI=1S/C12H21N3O3/c1-7(2)11(16)6-10-12(15(17)18)9(5)13-14(10)8(3)4/h7-8,11,16H,6H2,1-5H3. The van der Waals surface area contributed by atoms with Crippen LogP contribution in [0.4, 0.5) is 5.69 Å². The molecule has 0 aliphatic heterocycles. The highest BCUT2D eigenvalue weighted by atomic mass is 16.6. The zero-order valence-corrected chi connectivity index (χ0v) is 11.5. The lowest BCUT2D eigenvalue weighted by Gasteiger charge is -2.16. The molecule has 1 aromatic rings. The lowest BCUT2D eigenvalue weighted by atomic mass is 10.0. The molecule has 1 unspecified atom stereocenters. The molecule has 102 valence electrons. The number of nitro groups is 1. The van der Waals surface area contributed by atoms with Gasteiger partial charge in [-0.15, -0.1) is 0 Å². The number of aliphatic hydroxyl groups excluding tert-OH is 1. The zero-order chi connectivity index (χ0) is 14.0. The van der Waals surface area contributed by atoms with E-state index in [1.54, 1.807) is 11.6 Å². The number of nitrogens with zero attached hydrogens (tertiary/aromatic N) is 3. The van der Waals surface area contributed by atoms with Crippen molar-refractivity contribution in [1.29, 1.82) is 0 Å². The highest BCUT2D eigenvalue weighted by Gasteiger charge is 2.28. The van der Waals surface area contributed by atoms with Crippen LogP contribution in [0.5, 0.6) is 0 Å². The maximum atomic E-state index is 11.1. The number of rotatable bonds is 5. The van der Waals surface area contributed by atoms with Crippen LogP contribution in [-0.4, -0.2) is 25.9 Å². The van der Waals surface area contributed by atoms with Gasteiger partial charge in [-0.2, -0.15) is 5.10 Å². The van der Waals surface area contributed by atoms with E-state index in [0.29, 0.717) is 11.4 Å². The van der Waals surface area contributed by atoms with Gasteiger partial charge in [0.15, 0.2) is 0 Å². The van der Waals surface area contributed by atoms with E-state index >= 15 is 0 Å². The highest BCUT2D eigenvalue weighted by molar-refractivity contribution is 5.41. The van der Waals surface area contributed by atoms with Crippen LogP contribution in [-0.2, 0) is 6.42 Å². The summed E-state index contributed by atoms with van der Waals surface area (Å²) in [4.78, 5) is 10.7. The van der Waals surface area contributed by atoms with E-state index in [1.165, 1.54) is 0 Å². The minimum atomic E-state index is -0.600. The van der Waals surface area contributed by atoms with Crippen molar-refractivity contribution in [3.05, 3.63) is 21.5 Å². The predicted octanol–water partition coefficient (Wildman–Crippen LogP) is 2.24. The first-order valence-electron chi connectivity index (χ1n) is 6.16. The van der Waals surface area contributed by atoms with Crippen LogP contribution in [0.15, 0.2) is 0 Å². The molecule has 18 heavy (non-hydrogen) atoms. The second kappa shape index (κ2) is 5.48. The Morgan fingerprint density at radius 3 is 2.33 bits per heavy atom. The third-order valence-electron chi connectivity index (χ3n) is 2.99. The van der Waals surface area contributed by atoms with E-state index < -0.39 is 11.0 Å². The van der Waals surface area contributed by atoms with E-state index in [0.717, 1.165) is 0 Å². The SMILES string of the molecule is Cc1nn(C(C)C)c(CC(O)C(C)C)c1[N+](=O)[O-]. The van der Waals surface area contributed by atoms with Gasteiger partial charge in [-0.25, -0.2) is 0 Å². The van der Waals surface area contributed by atoms with Crippen molar-refractivity contribution in [1.82, 2.24) is 9.78 Å². The fourth-order valence-corrected chi connectivity index (χ4v) is 1.88. The van der Waals surface area contributed by atoms with E-state index in [2.05, 4.69) is 5.10 Å². The first-order chi connectivity index (χ1) is 8.25. The van der Waals surface area contributed by atoms with Gasteiger partial charge in [-0.3, -0.25) is 14.8 Å². The number of hydrogen-bond donors (Lipinski definition) is 1. The van der Waals surface area contributed by atoms with Crippen molar-refractivity contribution in [2.45, 2.75) is 53.2 Å². The molecule has 0 aromatic carbocycles. The van der Waals surface area contributed by atoms with Crippen molar-refractivity contribution < 1.29 is 10.0 Å². The van der Waals surface area contributed by atoms with Crippen molar-refractivity contribution in [3.63, 3.8) is 0 Å². The lowest BCUT2D eigenvalue weighted by molar-refractivity contribution is -0.386. The van der Waals surface area contributed by atoms with Gasteiger partial charge in [0.1, 0.15) is 11.4 Å². The summed E-state index contributed by atoms with van der Waals surface area (Å²) < 4.78 is 1.64. The number of hydrogen-bond acceptors (Lipinski definition) is 4. The Balaban J connectivity index is 3.24. The summed E-state index contributed by atoms with van der Waals surface area (Å²) in [6.07, 6.45) is -0.343. The molecule has 0 aliphatic rings. The molecule has 0 radical (unpaired) electrons. The molecule has 0 amide bonds. The third kappa shape index (κ3) is 2.87. The maximum absolute atomic E-state index is 11.1. The number of aliphatic hydroxyl groups is 1. The minimum absolute atomic E-state index is 0.0309. The fourth-order valence-electron chi connectivity index (χ4n) is 1.88. The van der Waals surface area contributed by atoms with Crippen molar-refractivity contribution >= 4 is 5.69 Å². The van der Waals surface area contributed by atoms with Crippen LogP contribution in [0.3, 0.4) is 0 Å². The minimum Gasteiger partial charge on any atom is -0.392 e. The molecule has 0 spiro atoms. The third-order valence-corrected chi connectivity index (χ3v) is 2.99. The summed E-state index contributed by atoms with van der Waals surface area (Å²) in [6, 6.07) is 0.0340. The Kier molecular flexibility index (Phi) is 4.45. The van der Waals surface area contributed by atoms with Gasteiger partial charge in [0.2, 0.25) is 0 Å². The van der Waals surface area contributed by atoms with E-state index in [-0.39, 0.29) is 24.1 Å². The van der Waals surface area contributed by atoms with E-state index in [4.69, 9.17) is 0 Å². The van der Waals surface area contributed by atoms with Crippen LogP contribution >= 0.6 is 0 Å². The summed E-state index contributed by atoms with van der Waals surface area (Å²) in [5.41, 5.74) is 0.941.